The van der Waals surface area contributed by atoms with Gasteiger partial charge < -0.3 is 5.32 Å². The monoisotopic (exact) mass is 195 g/mol. The molecule has 1 fully saturated rings. The lowest BCUT2D eigenvalue weighted by Gasteiger charge is -2.21. The zero-order chi connectivity index (χ0) is 9.10. The van der Waals surface area contributed by atoms with E-state index in [-0.39, 0.29) is 0 Å². The standard InChI is InChI=1S/C11H17NS/c1-9-5-11(13-8-9)6-10-3-2-4-12-7-10/h5,8,10,12H,2-4,6-7H2,1H3. The third kappa shape index (κ3) is 2.55. The first-order valence-corrected chi connectivity index (χ1v) is 5.97. The van der Waals surface area contributed by atoms with Gasteiger partial charge in [-0.25, -0.2) is 0 Å². The smallest absolute Gasteiger partial charge is 0.00511 e. The molecule has 0 bridgehead atoms. The van der Waals surface area contributed by atoms with Crippen LogP contribution in [-0.2, 0) is 6.42 Å². The summed E-state index contributed by atoms with van der Waals surface area (Å²) in [6.07, 6.45) is 4.05. The van der Waals surface area contributed by atoms with Crippen molar-refractivity contribution in [3.8, 4) is 0 Å². The zero-order valence-electron chi connectivity index (χ0n) is 8.18. The molecule has 1 aliphatic rings. The van der Waals surface area contributed by atoms with E-state index in [4.69, 9.17) is 0 Å². The van der Waals surface area contributed by atoms with Gasteiger partial charge in [0, 0.05) is 4.88 Å². The van der Waals surface area contributed by atoms with Crippen LogP contribution in [0, 0.1) is 12.8 Å². The molecule has 0 saturated carbocycles. The largest absolute Gasteiger partial charge is 0.316 e. The Labute approximate surface area is 84.2 Å². The molecule has 2 heteroatoms. The van der Waals surface area contributed by atoms with E-state index in [9.17, 15) is 0 Å². The number of hydrogen-bond donors (Lipinski definition) is 1. The summed E-state index contributed by atoms with van der Waals surface area (Å²) in [5, 5.41) is 5.72. The van der Waals surface area contributed by atoms with Crippen LogP contribution in [0.4, 0.5) is 0 Å². The van der Waals surface area contributed by atoms with Crippen molar-refractivity contribution >= 4 is 11.3 Å². The summed E-state index contributed by atoms with van der Waals surface area (Å²) in [5.74, 6) is 0.881. The van der Waals surface area contributed by atoms with Gasteiger partial charge in [0.1, 0.15) is 0 Å². The Hall–Kier alpha value is -0.340. The molecule has 72 valence electrons. The van der Waals surface area contributed by atoms with E-state index in [0.29, 0.717) is 0 Å². The highest BCUT2D eigenvalue weighted by atomic mass is 32.1. The normalized spacial score (nSPS) is 23.3. The van der Waals surface area contributed by atoms with Crippen molar-refractivity contribution in [2.75, 3.05) is 13.1 Å². The second kappa shape index (κ2) is 4.25. The first kappa shape index (κ1) is 9.22. The molecule has 1 atom stereocenters. The zero-order valence-corrected chi connectivity index (χ0v) is 8.99. The summed E-state index contributed by atoms with van der Waals surface area (Å²) < 4.78 is 0. The van der Waals surface area contributed by atoms with Crippen LogP contribution in [0.25, 0.3) is 0 Å². The Bertz CT molecular complexity index is 261. The molecule has 0 spiro atoms. The van der Waals surface area contributed by atoms with Crippen molar-refractivity contribution < 1.29 is 0 Å². The molecule has 1 nitrogen and oxygen atoms in total. The van der Waals surface area contributed by atoms with Gasteiger partial charge in [0.05, 0.1) is 0 Å². The quantitative estimate of drug-likeness (QED) is 0.765. The lowest BCUT2D eigenvalue weighted by Crippen LogP contribution is -2.30. The van der Waals surface area contributed by atoms with E-state index in [1.165, 1.54) is 37.9 Å². The van der Waals surface area contributed by atoms with Gasteiger partial charge in [-0.15, -0.1) is 11.3 Å². The molecule has 13 heavy (non-hydrogen) atoms. The van der Waals surface area contributed by atoms with Gasteiger partial charge in [-0.1, -0.05) is 0 Å². The van der Waals surface area contributed by atoms with Gasteiger partial charge >= 0.3 is 0 Å². The van der Waals surface area contributed by atoms with Gasteiger partial charge in [0.2, 0.25) is 0 Å². The predicted molar refractivity (Wildman–Crippen MR) is 58.4 cm³/mol. The predicted octanol–water partition coefficient (Wildman–Crippen LogP) is 2.60. The molecule has 1 N–H and O–H groups in total. The lowest BCUT2D eigenvalue weighted by atomic mass is 9.95. The SMILES string of the molecule is Cc1csc(CC2CCCNC2)c1. The van der Waals surface area contributed by atoms with Crippen molar-refractivity contribution in [1.29, 1.82) is 0 Å². The molecule has 1 aromatic rings. The van der Waals surface area contributed by atoms with Gasteiger partial charge in [-0.2, -0.15) is 0 Å². The lowest BCUT2D eigenvalue weighted by molar-refractivity contribution is 0.378. The first-order valence-electron chi connectivity index (χ1n) is 5.09. The third-order valence-corrected chi connectivity index (χ3v) is 3.75. The van der Waals surface area contributed by atoms with Crippen LogP contribution < -0.4 is 5.32 Å². The van der Waals surface area contributed by atoms with Crippen molar-refractivity contribution in [1.82, 2.24) is 5.32 Å². The molecule has 1 aromatic heterocycles. The summed E-state index contributed by atoms with van der Waals surface area (Å²) in [4.78, 5) is 1.56. The maximum atomic E-state index is 3.47. The molecule has 2 heterocycles. The number of aryl methyl sites for hydroxylation is 1. The number of nitrogens with one attached hydrogen (secondary N) is 1. The van der Waals surface area contributed by atoms with Gasteiger partial charge in [0.25, 0.3) is 0 Å². The van der Waals surface area contributed by atoms with Crippen molar-refractivity contribution in [2.45, 2.75) is 26.2 Å². The van der Waals surface area contributed by atoms with Crippen LogP contribution in [0.3, 0.4) is 0 Å². The minimum Gasteiger partial charge on any atom is -0.316 e. The molecule has 0 aromatic carbocycles. The van der Waals surface area contributed by atoms with Gasteiger partial charge in [-0.3, -0.25) is 0 Å². The molecule has 1 aliphatic heterocycles. The second-order valence-corrected chi connectivity index (χ2v) is 5.00. The number of thiophene rings is 1. The Morgan fingerprint density at radius 1 is 1.62 bits per heavy atom. The summed E-state index contributed by atoms with van der Waals surface area (Å²) in [5.41, 5.74) is 1.42. The average molecular weight is 195 g/mol. The highest BCUT2D eigenvalue weighted by molar-refractivity contribution is 7.10. The Kier molecular flexibility index (Phi) is 3.01. The molecule has 0 aliphatic carbocycles. The second-order valence-electron chi connectivity index (χ2n) is 4.01. The van der Waals surface area contributed by atoms with E-state index in [1.54, 1.807) is 4.88 Å². The molecular weight excluding hydrogens is 178 g/mol. The summed E-state index contributed by atoms with van der Waals surface area (Å²) >= 11 is 1.92. The fraction of sp³-hybridized carbons (Fsp3) is 0.636. The van der Waals surface area contributed by atoms with Crippen molar-refractivity contribution in [2.24, 2.45) is 5.92 Å². The van der Waals surface area contributed by atoms with E-state index in [0.717, 1.165) is 5.92 Å². The van der Waals surface area contributed by atoms with Crippen LogP contribution in [0.2, 0.25) is 0 Å². The maximum absolute atomic E-state index is 3.47. The molecule has 2 rings (SSSR count). The van der Waals surface area contributed by atoms with E-state index in [1.807, 2.05) is 11.3 Å². The molecular formula is C11H17NS. The molecule has 1 saturated heterocycles. The average Bonchev–Trinajstić information content (AvgIpc) is 2.53. The summed E-state index contributed by atoms with van der Waals surface area (Å²) in [6.45, 7) is 4.62. The fourth-order valence-corrected chi connectivity index (χ4v) is 2.97. The number of hydrogen-bond acceptors (Lipinski definition) is 2. The van der Waals surface area contributed by atoms with Crippen LogP contribution >= 0.6 is 11.3 Å². The van der Waals surface area contributed by atoms with Crippen LogP contribution in [0.5, 0.6) is 0 Å². The maximum Gasteiger partial charge on any atom is 0.00511 e. The van der Waals surface area contributed by atoms with Crippen LogP contribution in [0.1, 0.15) is 23.3 Å². The van der Waals surface area contributed by atoms with Crippen molar-refractivity contribution in [3.63, 3.8) is 0 Å². The van der Waals surface area contributed by atoms with Crippen LogP contribution in [0.15, 0.2) is 11.4 Å². The van der Waals surface area contributed by atoms with E-state index < -0.39 is 0 Å². The van der Waals surface area contributed by atoms with E-state index >= 15 is 0 Å². The molecule has 0 amide bonds. The van der Waals surface area contributed by atoms with Gasteiger partial charge in [-0.05, 0) is 62.2 Å². The first-order chi connectivity index (χ1) is 6.34. The van der Waals surface area contributed by atoms with Crippen molar-refractivity contribution in [3.05, 3.63) is 21.9 Å². The minimum absolute atomic E-state index is 0.881. The topological polar surface area (TPSA) is 12.0 Å². The van der Waals surface area contributed by atoms with E-state index in [2.05, 4.69) is 23.7 Å². The number of piperidine rings is 1. The Morgan fingerprint density at radius 3 is 3.15 bits per heavy atom. The Morgan fingerprint density at radius 2 is 2.54 bits per heavy atom. The Balaban J connectivity index is 1.89. The summed E-state index contributed by atoms with van der Waals surface area (Å²) in [7, 11) is 0. The summed E-state index contributed by atoms with van der Waals surface area (Å²) in [6, 6.07) is 2.33. The number of rotatable bonds is 2. The highest BCUT2D eigenvalue weighted by Gasteiger charge is 2.13. The fourth-order valence-electron chi connectivity index (χ4n) is 1.98. The third-order valence-electron chi connectivity index (χ3n) is 2.67. The molecule has 1 unspecified atom stereocenters. The minimum atomic E-state index is 0.881. The highest BCUT2D eigenvalue weighted by Crippen LogP contribution is 2.21. The molecule has 0 radical (unpaired) electrons. The van der Waals surface area contributed by atoms with Crippen LogP contribution in [-0.4, -0.2) is 13.1 Å². The van der Waals surface area contributed by atoms with Gasteiger partial charge in [0.15, 0.2) is 0 Å².